The van der Waals surface area contributed by atoms with E-state index < -0.39 is 12.8 Å². The van der Waals surface area contributed by atoms with Crippen LogP contribution in [0.1, 0.15) is 24.5 Å². The van der Waals surface area contributed by atoms with Gasteiger partial charge in [-0.2, -0.15) is 13.2 Å². The van der Waals surface area contributed by atoms with Gasteiger partial charge in [0.1, 0.15) is 19.0 Å². The summed E-state index contributed by atoms with van der Waals surface area (Å²) in [6.07, 6.45) is -3.85. The summed E-state index contributed by atoms with van der Waals surface area (Å²) < 4.78 is 51.4. The zero-order chi connectivity index (χ0) is 20.8. The summed E-state index contributed by atoms with van der Waals surface area (Å²) >= 11 is 0. The van der Waals surface area contributed by atoms with E-state index in [0.717, 1.165) is 16.9 Å². The summed E-state index contributed by atoms with van der Waals surface area (Å²) in [5.41, 5.74) is 2.02. The van der Waals surface area contributed by atoms with Crippen LogP contribution in [0.15, 0.2) is 23.2 Å². The highest BCUT2D eigenvalue weighted by molar-refractivity contribution is 14.0. The van der Waals surface area contributed by atoms with Gasteiger partial charge < -0.3 is 24.8 Å². The maximum absolute atomic E-state index is 12.0. The summed E-state index contributed by atoms with van der Waals surface area (Å²) in [7, 11) is 1.62. The molecule has 0 bridgehead atoms. The number of methoxy groups -OCH3 is 1. The molecule has 0 amide bonds. The molecule has 6 nitrogen and oxygen atoms in total. The van der Waals surface area contributed by atoms with Crippen molar-refractivity contribution in [3.8, 4) is 5.75 Å². The van der Waals surface area contributed by atoms with E-state index in [9.17, 15) is 13.2 Å². The van der Waals surface area contributed by atoms with Crippen LogP contribution in [0.2, 0.25) is 0 Å². The van der Waals surface area contributed by atoms with Gasteiger partial charge in [0.25, 0.3) is 0 Å². The molecule has 0 aromatic heterocycles. The van der Waals surface area contributed by atoms with Crippen molar-refractivity contribution in [1.29, 1.82) is 0 Å². The van der Waals surface area contributed by atoms with E-state index in [1.54, 1.807) is 7.11 Å². The highest BCUT2D eigenvalue weighted by atomic mass is 127. The third-order valence-electron chi connectivity index (χ3n) is 3.54. The molecule has 2 N–H and O–H groups in total. The molecule has 0 aliphatic heterocycles. The molecule has 29 heavy (non-hydrogen) atoms. The van der Waals surface area contributed by atoms with Crippen LogP contribution in [-0.4, -0.2) is 58.8 Å². The summed E-state index contributed by atoms with van der Waals surface area (Å²) in [5, 5.41) is 6.20. The van der Waals surface area contributed by atoms with E-state index in [0.29, 0.717) is 45.2 Å². The fourth-order valence-electron chi connectivity index (χ4n) is 2.24. The van der Waals surface area contributed by atoms with Gasteiger partial charge in [-0.1, -0.05) is 12.1 Å². The Morgan fingerprint density at radius 1 is 1.14 bits per heavy atom. The van der Waals surface area contributed by atoms with E-state index >= 15 is 0 Å². The first-order valence-corrected chi connectivity index (χ1v) is 9.23. The van der Waals surface area contributed by atoms with Crippen molar-refractivity contribution in [3.63, 3.8) is 0 Å². The van der Waals surface area contributed by atoms with Gasteiger partial charge in [0.2, 0.25) is 0 Å². The fourth-order valence-corrected chi connectivity index (χ4v) is 2.24. The van der Waals surface area contributed by atoms with Crippen molar-refractivity contribution < 1.29 is 27.4 Å². The standard InChI is InChI=1S/C19H30F3N3O3.HI/c1-4-23-18(24-8-5-9-27-14-19(20,21)22)25-13-16-7-6-15(2)12-17(16)28-11-10-26-3;/h6-7,12H,4-5,8-11,13-14H2,1-3H3,(H2,23,24,25);1H. The highest BCUT2D eigenvalue weighted by Gasteiger charge is 2.27. The third kappa shape index (κ3) is 13.6. The second-order valence-corrected chi connectivity index (χ2v) is 6.10. The highest BCUT2D eigenvalue weighted by Crippen LogP contribution is 2.21. The molecule has 1 aromatic carbocycles. The Kier molecular flexibility index (Phi) is 14.9. The van der Waals surface area contributed by atoms with Gasteiger partial charge in [0, 0.05) is 32.4 Å². The van der Waals surface area contributed by atoms with Gasteiger partial charge in [-0.25, -0.2) is 4.99 Å². The van der Waals surface area contributed by atoms with Crippen molar-refractivity contribution in [2.24, 2.45) is 4.99 Å². The first-order valence-electron chi connectivity index (χ1n) is 9.23. The van der Waals surface area contributed by atoms with Gasteiger partial charge in [-0.05, 0) is 31.9 Å². The van der Waals surface area contributed by atoms with Crippen LogP contribution in [-0.2, 0) is 16.0 Å². The van der Waals surface area contributed by atoms with Gasteiger partial charge in [-0.3, -0.25) is 0 Å². The van der Waals surface area contributed by atoms with Crippen LogP contribution in [0.4, 0.5) is 13.2 Å². The van der Waals surface area contributed by atoms with E-state index in [1.165, 1.54) is 0 Å². The van der Waals surface area contributed by atoms with Gasteiger partial charge in [0.15, 0.2) is 5.96 Å². The fraction of sp³-hybridized carbons (Fsp3) is 0.632. The number of guanidine groups is 1. The minimum atomic E-state index is -4.29. The largest absolute Gasteiger partial charge is 0.491 e. The summed E-state index contributed by atoms with van der Waals surface area (Å²) in [6, 6.07) is 5.92. The van der Waals surface area contributed by atoms with Crippen LogP contribution in [0.5, 0.6) is 5.75 Å². The van der Waals surface area contributed by atoms with E-state index in [2.05, 4.69) is 20.4 Å². The monoisotopic (exact) mass is 533 g/mol. The molecule has 0 radical (unpaired) electrons. The molecule has 10 heteroatoms. The number of aliphatic imine (C=N–C) groups is 1. The average Bonchev–Trinajstić information content (AvgIpc) is 2.63. The number of aryl methyl sites for hydroxylation is 1. The molecular formula is C19H31F3IN3O3. The van der Waals surface area contributed by atoms with Crippen LogP contribution in [0.25, 0.3) is 0 Å². The number of benzene rings is 1. The Hall–Kier alpha value is -1.27. The van der Waals surface area contributed by atoms with Crippen molar-refractivity contribution >= 4 is 29.9 Å². The number of rotatable bonds is 12. The maximum Gasteiger partial charge on any atom is 0.411 e. The first kappa shape index (κ1) is 27.7. The molecule has 168 valence electrons. The predicted molar refractivity (Wildman–Crippen MR) is 118 cm³/mol. The molecule has 0 atom stereocenters. The lowest BCUT2D eigenvalue weighted by molar-refractivity contribution is -0.173. The van der Waals surface area contributed by atoms with Crippen LogP contribution >= 0.6 is 24.0 Å². The number of nitrogens with zero attached hydrogens (tertiary/aromatic N) is 1. The lowest BCUT2D eigenvalue weighted by atomic mass is 10.1. The molecule has 1 rings (SSSR count). The number of hydrogen-bond acceptors (Lipinski definition) is 4. The first-order chi connectivity index (χ1) is 13.4. The molecule has 0 saturated carbocycles. The number of halogens is 4. The minimum Gasteiger partial charge on any atom is -0.491 e. The Morgan fingerprint density at radius 3 is 2.55 bits per heavy atom. The van der Waals surface area contributed by atoms with Gasteiger partial charge in [-0.15, -0.1) is 24.0 Å². The maximum atomic E-state index is 12.0. The summed E-state index contributed by atoms with van der Waals surface area (Å²) in [6.45, 7) is 5.21. The Morgan fingerprint density at radius 2 is 1.90 bits per heavy atom. The summed E-state index contributed by atoms with van der Waals surface area (Å²) in [5.74, 6) is 1.35. The molecule has 0 unspecified atom stereocenters. The van der Waals surface area contributed by atoms with Gasteiger partial charge in [0.05, 0.1) is 13.2 Å². The Balaban J connectivity index is 0.00000784. The van der Waals surface area contributed by atoms with Gasteiger partial charge >= 0.3 is 6.18 Å². The Bertz CT molecular complexity index is 602. The average molecular weight is 533 g/mol. The molecular weight excluding hydrogens is 502 g/mol. The summed E-state index contributed by atoms with van der Waals surface area (Å²) in [4.78, 5) is 4.52. The topological polar surface area (TPSA) is 64.1 Å². The number of ether oxygens (including phenoxy) is 3. The molecule has 0 saturated heterocycles. The SMILES string of the molecule is CCNC(=NCc1ccc(C)cc1OCCOC)NCCCOCC(F)(F)F.I. The van der Waals surface area contributed by atoms with Crippen molar-refractivity contribution in [3.05, 3.63) is 29.3 Å². The number of alkyl halides is 3. The normalized spacial score (nSPS) is 11.7. The van der Waals surface area contributed by atoms with Crippen LogP contribution in [0.3, 0.4) is 0 Å². The molecule has 0 fully saturated rings. The lowest BCUT2D eigenvalue weighted by Crippen LogP contribution is -2.38. The Labute approximate surface area is 187 Å². The van der Waals surface area contributed by atoms with Crippen LogP contribution < -0.4 is 15.4 Å². The predicted octanol–water partition coefficient (Wildman–Crippen LogP) is 3.66. The van der Waals surface area contributed by atoms with Crippen molar-refractivity contribution in [1.82, 2.24) is 10.6 Å². The smallest absolute Gasteiger partial charge is 0.411 e. The molecule has 0 heterocycles. The van der Waals surface area contributed by atoms with Crippen LogP contribution in [0, 0.1) is 6.92 Å². The second-order valence-electron chi connectivity index (χ2n) is 6.10. The third-order valence-corrected chi connectivity index (χ3v) is 3.54. The van der Waals surface area contributed by atoms with Crippen molar-refractivity contribution in [2.45, 2.75) is 33.0 Å². The van der Waals surface area contributed by atoms with E-state index in [-0.39, 0.29) is 30.6 Å². The zero-order valence-corrected chi connectivity index (χ0v) is 19.4. The number of nitrogens with one attached hydrogen (secondary N) is 2. The molecule has 1 aromatic rings. The molecule has 0 aliphatic carbocycles. The lowest BCUT2D eigenvalue weighted by Gasteiger charge is -2.14. The molecule has 0 spiro atoms. The van der Waals surface area contributed by atoms with Crippen molar-refractivity contribution in [2.75, 3.05) is 46.6 Å². The zero-order valence-electron chi connectivity index (χ0n) is 17.1. The molecule has 0 aliphatic rings. The quantitative estimate of drug-likeness (QED) is 0.186. The second kappa shape index (κ2) is 15.6. The van der Waals surface area contributed by atoms with E-state index in [1.807, 2.05) is 32.0 Å². The minimum absolute atomic E-state index is 0. The van der Waals surface area contributed by atoms with E-state index in [4.69, 9.17) is 9.47 Å². The number of hydrogen-bond donors (Lipinski definition) is 2.